The number of likely N-dealkylation sites (N-methyl/N-ethyl adjacent to an activating group) is 2. The van der Waals surface area contributed by atoms with Gasteiger partial charge in [-0.2, -0.15) is 0 Å². The van der Waals surface area contributed by atoms with Gasteiger partial charge in [0.15, 0.2) is 0 Å². The van der Waals surface area contributed by atoms with Crippen LogP contribution in [-0.2, 0) is 22.4 Å². The topological polar surface area (TPSA) is 99.5 Å². The highest BCUT2D eigenvalue weighted by atomic mass is 19.1. The number of nitrogens with one attached hydrogen (secondary N) is 1. The minimum atomic E-state index is -0.715. The van der Waals surface area contributed by atoms with Crippen molar-refractivity contribution in [1.82, 2.24) is 14.8 Å². The molecule has 2 unspecified atom stereocenters. The first kappa shape index (κ1) is 24.1. The zero-order valence-corrected chi connectivity index (χ0v) is 19.0. The van der Waals surface area contributed by atoms with E-state index in [0.717, 1.165) is 23.5 Å². The predicted octanol–water partition coefficient (Wildman–Crippen LogP) is 3.26. The monoisotopic (exact) mass is 454 g/mol. The summed E-state index contributed by atoms with van der Waals surface area (Å²) in [6.45, 7) is 1.97. The fraction of sp³-hybridized carbons (Fsp3) is 0.333. The lowest BCUT2D eigenvalue weighted by atomic mass is 10.00. The molecule has 0 radical (unpaired) electrons. The fourth-order valence-electron chi connectivity index (χ4n) is 3.93. The third-order valence-corrected chi connectivity index (χ3v) is 5.89. The molecule has 0 aliphatic heterocycles. The largest absolute Gasteiger partial charge is 0.361 e. The average Bonchev–Trinajstić information content (AvgIpc) is 3.17. The first-order valence-corrected chi connectivity index (χ1v) is 10.5. The Morgan fingerprint density at radius 3 is 2.42 bits per heavy atom. The van der Waals surface area contributed by atoms with Gasteiger partial charge < -0.3 is 14.7 Å². The maximum atomic E-state index is 13.8. The Morgan fingerprint density at radius 1 is 1.18 bits per heavy atom. The Morgan fingerprint density at radius 2 is 1.85 bits per heavy atom. The molecular weight excluding hydrogens is 427 g/mol. The summed E-state index contributed by atoms with van der Waals surface area (Å²) in [4.78, 5) is 42.1. The maximum Gasteiger partial charge on any atom is 0.281 e. The number of nitrogens with zero attached hydrogens (tertiary/aromatic N) is 3. The van der Waals surface area contributed by atoms with Crippen molar-refractivity contribution < 1.29 is 18.9 Å². The van der Waals surface area contributed by atoms with Gasteiger partial charge >= 0.3 is 0 Å². The standard InChI is InChI=1S/C24H27FN4O4/c1-15-5-7-16(8-6-15)9-19(14-30)28(4)24(31)22(27(2)3)10-17-13-26-20-11-18(25)12-21(23(17)20)29(32)33/h5-8,11-14,19,22,26H,9-10H2,1-4H3. The number of amides is 1. The molecule has 2 aromatic carbocycles. The number of hydrogen-bond acceptors (Lipinski definition) is 5. The van der Waals surface area contributed by atoms with E-state index in [1.165, 1.54) is 11.0 Å². The van der Waals surface area contributed by atoms with E-state index in [1.807, 2.05) is 31.2 Å². The van der Waals surface area contributed by atoms with Crippen LogP contribution in [0.15, 0.2) is 42.6 Å². The summed E-state index contributed by atoms with van der Waals surface area (Å²) in [6.07, 6.45) is 2.84. The van der Waals surface area contributed by atoms with Crippen LogP contribution in [-0.4, -0.2) is 65.1 Å². The summed E-state index contributed by atoms with van der Waals surface area (Å²) in [5.74, 6) is -1.00. The number of nitro groups is 1. The van der Waals surface area contributed by atoms with Crippen molar-refractivity contribution in [2.24, 2.45) is 0 Å². The molecule has 1 aromatic heterocycles. The number of aldehydes is 1. The van der Waals surface area contributed by atoms with E-state index in [2.05, 4.69) is 4.98 Å². The number of aromatic nitrogens is 1. The van der Waals surface area contributed by atoms with Crippen LogP contribution in [0.1, 0.15) is 16.7 Å². The van der Waals surface area contributed by atoms with Crippen LogP contribution in [0.3, 0.4) is 0 Å². The zero-order valence-electron chi connectivity index (χ0n) is 19.0. The van der Waals surface area contributed by atoms with Crippen LogP contribution in [0.4, 0.5) is 10.1 Å². The number of hydrogen-bond donors (Lipinski definition) is 1. The molecule has 3 aromatic rings. The molecule has 1 N–H and O–H groups in total. The molecule has 9 heteroatoms. The molecule has 0 fully saturated rings. The summed E-state index contributed by atoms with van der Waals surface area (Å²) in [5, 5.41) is 11.8. The van der Waals surface area contributed by atoms with Gasteiger partial charge in [0.05, 0.1) is 34.0 Å². The summed E-state index contributed by atoms with van der Waals surface area (Å²) < 4.78 is 13.8. The first-order valence-electron chi connectivity index (χ1n) is 10.5. The van der Waals surface area contributed by atoms with E-state index in [-0.39, 0.29) is 23.4 Å². The van der Waals surface area contributed by atoms with Gasteiger partial charge in [0.2, 0.25) is 5.91 Å². The second-order valence-electron chi connectivity index (χ2n) is 8.44. The highest BCUT2D eigenvalue weighted by Gasteiger charge is 2.30. The van der Waals surface area contributed by atoms with Gasteiger partial charge in [0.25, 0.3) is 5.69 Å². The Hall–Kier alpha value is -3.59. The first-order chi connectivity index (χ1) is 15.6. The van der Waals surface area contributed by atoms with Gasteiger partial charge in [-0.25, -0.2) is 4.39 Å². The number of non-ortho nitro benzene ring substituents is 1. The predicted molar refractivity (Wildman–Crippen MR) is 124 cm³/mol. The minimum absolute atomic E-state index is 0.152. The SMILES string of the molecule is Cc1ccc(CC(C=O)N(C)C(=O)C(Cc2c[nH]c3cc(F)cc([N+](=O)[O-])c23)N(C)C)cc1. The van der Waals surface area contributed by atoms with E-state index >= 15 is 0 Å². The van der Waals surface area contributed by atoms with E-state index in [1.54, 1.807) is 32.2 Å². The number of aromatic amines is 1. The van der Waals surface area contributed by atoms with Crippen LogP contribution in [0.5, 0.6) is 0 Å². The quantitative estimate of drug-likeness (QED) is 0.304. The number of carbonyl (C=O) groups excluding carboxylic acids is 2. The number of rotatable bonds is 9. The Balaban J connectivity index is 1.88. The van der Waals surface area contributed by atoms with Gasteiger partial charge in [0.1, 0.15) is 12.1 Å². The van der Waals surface area contributed by atoms with Crippen molar-refractivity contribution in [3.63, 3.8) is 0 Å². The Kier molecular flexibility index (Phi) is 7.23. The molecule has 3 rings (SSSR count). The van der Waals surface area contributed by atoms with Crippen molar-refractivity contribution in [3.8, 4) is 0 Å². The highest BCUT2D eigenvalue weighted by molar-refractivity contribution is 5.93. The number of carbonyl (C=O) groups is 2. The molecule has 0 aliphatic rings. The zero-order chi connectivity index (χ0) is 24.3. The molecular formula is C24H27FN4O4. The number of nitro benzene ring substituents is 1. The lowest BCUT2D eigenvalue weighted by Gasteiger charge is -2.31. The smallest absolute Gasteiger partial charge is 0.281 e. The Labute approximate surface area is 191 Å². The molecule has 1 heterocycles. The summed E-state index contributed by atoms with van der Waals surface area (Å²) >= 11 is 0. The third kappa shape index (κ3) is 5.25. The van der Waals surface area contributed by atoms with Crippen LogP contribution in [0, 0.1) is 22.9 Å². The highest BCUT2D eigenvalue weighted by Crippen LogP contribution is 2.31. The minimum Gasteiger partial charge on any atom is -0.361 e. The van der Waals surface area contributed by atoms with Gasteiger partial charge in [-0.15, -0.1) is 0 Å². The average molecular weight is 455 g/mol. The molecule has 33 heavy (non-hydrogen) atoms. The number of halogens is 1. The number of H-pyrrole nitrogens is 1. The van der Waals surface area contributed by atoms with E-state index < -0.39 is 22.8 Å². The van der Waals surface area contributed by atoms with Gasteiger partial charge in [-0.05, 0) is 51.1 Å². The van der Waals surface area contributed by atoms with Gasteiger partial charge in [-0.1, -0.05) is 29.8 Å². The summed E-state index contributed by atoms with van der Waals surface area (Å²) in [7, 11) is 5.05. The van der Waals surface area contributed by atoms with E-state index in [9.17, 15) is 24.1 Å². The van der Waals surface area contributed by atoms with Gasteiger partial charge in [0, 0.05) is 13.2 Å². The number of aryl methyl sites for hydroxylation is 1. The summed E-state index contributed by atoms with van der Waals surface area (Å²) in [5.41, 5.74) is 2.50. The molecule has 0 saturated heterocycles. The van der Waals surface area contributed by atoms with Crippen molar-refractivity contribution in [1.29, 1.82) is 0 Å². The maximum absolute atomic E-state index is 13.8. The molecule has 0 bridgehead atoms. The van der Waals surface area contributed by atoms with Gasteiger partial charge in [-0.3, -0.25) is 19.8 Å². The molecule has 0 spiro atoms. The van der Waals surface area contributed by atoms with Crippen LogP contribution in [0.2, 0.25) is 0 Å². The molecule has 8 nitrogen and oxygen atoms in total. The normalized spacial score (nSPS) is 13.2. The number of fused-ring (bicyclic) bond motifs is 1. The van der Waals surface area contributed by atoms with Crippen LogP contribution >= 0.6 is 0 Å². The molecule has 0 aliphatic carbocycles. The van der Waals surface area contributed by atoms with Crippen molar-refractivity contribution >= 4 is 28.8 Å². The van der Waals surface area contributed by atoms with Crippen LogP contribution in [0.25, 0.3) is 10.9 Å². The molecule has 0 saturated carbocycles. The van der Waals surface area contributed by atoms with E-state index in [4.69, 9.17) is 0 Å². The molecule has 174 valence electrons. The van der Waals surface area contributed by atoms with Crippen molar-refractivity contribution in [2.45, 2.75) is 31.8 Å². The lowest BCUT2D eigenvalue weighted by Crippen LogP contribution is -2.50. The molecule has 2 atom stereocenters. The van der Waals surface area contributed by atoms with Crippen molar-refractivity contribution in [3.05, 3.63) is 75.2 Å². The van der Waals surface area contributed by atoms with Crippen LogP contribution < -0.4 is 0 Å². The second-order valence-corrected chi connectivity index (χ2v) is 8.44. The van der Waals surface area contributed by atoms with Crippen molar-refractivity contribution in [2.75, 3.05) is 21.1 Å². The fourth-order valence-corrected chi connectivity index (χ4v) is 3.93. The lowest BCUT2D eigenvalue weighted by molar-refractivity contribution is -0.383. The second kappa shape index (κ2) is 9.91. The third-order valence-electron chi connectivity index (χ3n) is 5.89. The number of benzene rings is 2. The van der Waals surface area contributed by atoms with E-state index in [0.29, 0.717) is 17.5 Å². The Bertz CT molecular complexity index is 1170. The molecule has 1 amide bonds. The summed E-state index contributed by atoms with van der Waals surface area (Å²) in [6, 6.07) is 8.49.